The van der Waals surface area contributed by atoms with Gasteiger partial charge in [0.25, 0.3) is 0 Å². The van der Waals surface area contributed by atoms with Crippen molar-refractivity contribution in [2.45, 2.75) is 52.4 Å². The number of rotatable bonds is 7. The lowest BCUT2D eigenvalue weighted by Crippen LogP contribution is -2.17. The molecule has 4 heteroatoms. The van der Waals surface area contributed by atoms with Crippen LogP contribution in [0.2, 0.25) is 0 Å². The average Bonchev–Trinajstić information content (AvgIpc) is 3.70. The summed E-state index contributed by atoms with van der Waals surface area (Å²) in [6, 6.07) is 66.5. The Balaban J connectivity index is 1.24. The molecule has 312 valence electrons. The fourth-order valence-corrected chi connectivity index (χ4v) is 8.95. The Bertz CT molecular complexity index is 3330. The van der Waals surface area contributed by atoms with Crippen molar-refractivity contribution in [2.75, 3.05) is 0 Å². The van der Waals surface area contributed by atoms with Gasteiger partial charge in [-0.2, -0.15) is 0 Å². The summed E-state index contributed by atoms with van der Waals surface area (Å²) >= 11 is 0. The average molecular weight is 830 g/mol. The molecule has 0 aliphatic rings. The third kappa shape index (κ3) is 7.56. The molecule has 8 aromatic carbocycles. The molecule has 0 saturated carbocycles. The minimum absolute atomic E-state index is 0.175. The lowest BCUT2D eigenvalue weighted by atomic mass is 9.79. The first-order valence-corrected chi connectivity index (χ1v) is 22.1. The molecular weight excluding hydrogens is 779 g/mol. The molecule has 0 unspecified atom stereocenters. The lowest BCUT2D eigenvalue weighted by Gasteiger charge is -2.27. The maximum absolute atomic E-state index is 12.4. The van der Waals surface area contributed by atoms with Crippen molar-refractivity contribution in [2.24, 2.45) is 0 Å². The standard InChI is InChI=1S/C60H51N3O/c1-59(2,3)48-37-51(57(64)52(38-48)60(4,5)6)58-62-56-50(24-16-26-55(56)63(58)54-25-15-22-43-21-13-14-23-49(43)54)46-33-45(42-29-27-41(28-30-42)39-17-9-7-10-18-39)34-47(35-46)53-36-44(31-32-61-53)40-19-11-8-12-20-40/h7-38,64H,1-6H3. The Morgan fingerprint density at radius 2 is 1.05 bits per heavy atom. The molecule has 0 amide bonds. The van der Waals surface area contributed by atoms with Crippen LogP contribution in [0.1, 0.15) is 52.7 Å². The number of para-hydroxylation sites is 1. The quantitative estimate of drug-likeness (QED) is 0.174. The van der Waals surface area contributed by atoms with E-state index in [1.807, 2.05) is 12.3 Å². The molecule has 10 aromatic rings. The fraction of sp³-hybridized carbons (Fsp3) is 0.133. The number of phenols is 1. The van der Waals surface area contributed by atoms with Gasteiger partial charge in [0.05, 0.1) is 28.0 Å². The SMILES string of the molecule is CC(C)(C)c1cc(-c2nc3c(-c4cc(-c5ccc(-c6ccccc6)cc5)cc(-c5cc(-c6ccccc6)ccn5)c4)cccc3n2-c2cccc3ccccc23)c(O)c(C(C)(C)C)c1. The summed E-state index contributed by atoms with van der Waals surface area (Å²) in [6.07, 6.45) is 1.90. The Hall–Kier alpha value is -7.56. The van der Waals surface area contributed by atoms with Gasteiger partial charge < -0.3 is 5.11 Å². The van der Waals surface area contributed by atoms with E-state index in [2.05, 4.69) is 228 Å². The molecule has 0 bridgehead atoms. The van der Waals surface area contributed by atoms with Crippen molar-refractivity contribution in [1.82, 2.24) is 14.5 Å². The highest BCUT2D eigenvalue weighted by Gasteiger charge is 2.29. The lowest BCUT2D eigenvalue weighted by molar-refractivity contribution is 0.446. The van der Waals surface area contributed by atoms with Gasteiger partial charge in [-0.1, -0.05) is 181 Å². The predicted molar refractivity (Wildman–Crippen MR) is 268 cm³/mol. The molecule has 0 spiro atoms. The largest absolute Gasteiger partial charge is 0.507 e. The van der Waals surface area contributed by atoms with E-state index in [1.165, 1.54) is 11.1 Å². The summed E-state index contributed by atoms with van der Waals surface area (Å²) in [4.78, 5) is 10.6. The van der Waals surface area contributed by atoms with E-state index in [9.17, 15) is 5.11 Å². The van der Waals surface area contributed by atoms with E-state index in [1.54, 1.807) is 0 Å². The second-order valence-corrected chi connectivity index (χ2v) is 18.9. The Labute approximate surface area is 376 Å². The van der Waals surface area contributed by atoms with Crippen molar-refractivity contribution in [3.05, 3.63) is 205 Å². The fourth-order valence-electron chi connectivity index (χ4n) is 8.95. The molecule has 2 heterocycles. The number of phenolic OH excluding ortho intramolecular Hbond substituents is 1. The minimum Gasteiger partial charge on any atom is -0.507 e. The van der Waals surface area contributed by atoms with Crippen LogP contribution in [0, 0.1) is 0 Å². The highest BCUT2D eigenvalue weighted by atomic mass is 16.3. The first-order valence-electron chi connectivity index (χ1n) is 22.1. The van der Waals surface area contributed by atoms with Gasteiger partial charge in [0.15, 0.2) is 0 Å². The summed E-state index contributed by atoms with van der Waals surface area (Å²) in [5.41, 5.74) is 15.7. The van der Waals surface area contributed by atoms with Gasteiger partial charge in [-0.05, 0) is 109 Å². The van der Waals surface area contributed by atoms with Crippen LogP contribution in [0.15, 0.2) is 194 Å². The van der Waals surface area contributed by atoms with E-state index >= 15 is 0 Å². The number of fused-ring (bicyclic) bond motifs is 2. The summed E-state index contributed by atoms with van der Waals surface area (Å²) < 4.78 is 2.26. The Morgan fingerprint density at radius 3 is 1.75 bits per heavy atom. The van der Waals surface area contributed by atoms with E-state index in [-0.39, 0.29) is 16.6 Å². The topological polar surface area (TPSA) is 50.9 Å². The first-order chi connectivity index (χ1) is 30.9. The van der Waals surface area contributed by atoms with Crippen molar-refractivity contribution in [1.29, 1.82) is 0 Å². The smallest absolute Gasteiger partial charge is 0.149 e. The molecule has 10 rings (SSSR count). The summed E-state index contributed by atoms with van der Waals surface area (Å²) in [5.74, 6) is 0.949. The molecule has 0 atom stereocenters. The highest BCUT2D eigenvalue weighted by molar-refractivity contribution is 6.00. The van der Waals surface area contributed by atoms with Gasteiger partial charge in [-0.25, -0.2) is 4.98 Å². The third-order valence-electron chi connectivity index (χ3n) is 12.4. The zero-order valence-corrected chi connectivity index (χ0v) is 37.3. The molecule has 0 aliphatic carbocycles. The maximum Gasteiger partial charge on any atom is 0.149 e. The van der Waals surface area contributed by atoms with E-state index in [0.717, 1.165) is 83.3 Å². The first kappa shape index (κ1) is 40.5. The Kier molecular flexibility index (Phi) is 10.1. The summed E-state index contributed by atoms with van der Waals surface area (Å²) in [7, 11) is 0. The molecule has 0 radical (unpaired) electrons. The molecule has 1 N–H and O–H groups in total. The van der Waals surface area contributed by atoms with Crippen LogP contribution >= 0.6 is 0 Å². The molecule has 2 aromatic heterocycles. The molecule has 0 fully saturated rings. The molecule has 64 heavy (non-hydrogen) atoms. The zero-order chi connectivity index (χ0) is 44.2. The maximum atomic E-state index is 12.4. The van der Waals surface area contributed by atoms with Gasteiger partial charge in [0.1, 0.15) is 11.6 Å². The zero-order valence-electron chi connectivity index (χ0n) is 37.3. The van der Waals surface area contributed by atoms with Gasteiger partial charge in [-0.15, -0.1) is 0 Å². The van der Waals surface area contributed by atoms with Gasteiger partial charge in [0, 0.05) is 28.3 Å². The second kappa shape index (κ2) is 16.0. The summed E-state index contributed by atoms with van der Waals surface area (Å²) in [6.45, 7) is 13.2. The number of aromatic hydroxyl groups is 1. The third-order valence-corrected chi connectivity index (χ3v) is 12.4. The molecule has 0 saturated heterocycles. The van der Waals surface area contributed by atoms with Crippen molar-refractivity contribution < 1.29 is 5.11 Å². The number of pyridine rings is 1. The number of nitrogens with zero attached hydrogens (tertiary/aromatic N) is 3. The van der Waals surface area contributed by atoms with Gasteiger partial charge in [0.2, 0.25) is 0 Å². The van der Waals surface area contributed by atoms with Crippen LogP contribution in [0.4, 0.5) is 0 Å². The van der Waals surface area contributed by atoms with E-state index in [0.29, 0.717) is 11.4 Å². The number of imidazole rings is 1. The Morgan fingerprint density at radius 1 is 0.453 bits per heavy atom. The number of hydrogen-bond donors (Lipinski definition) is 1. The normalized spacial score (nSPS) is 12.0. The number of hydrogen-bond acceptors (Lipinski definition) is 3. The van der Waals surface area contributed by atoms with Crippen LogP contribution in [-0.4, -0.2) is 19.6 Å². The van der Waals surface area contributed by atoms with Crippen molar-refractivity contribution in [3.63, 3.8) is 0 Å². The number of aromatic nitrogens is 3. The van der Waals surface area contributed by atoms with Crippen LogP contribution in [0.3, 0.4) is 0 Å². The van der Waals surface area contributed by atoms with E-state index < -0.39 is 0 Å². The van der Waals surface area contributed by atoms with E-state index in [4.69, 9.17) is 9.97 Å². The van der Waals surface area contributed by atoms with Crippen molar-refractivity contribution >= 4 is 21.8 Å². The van der Waals surface area contributed by atoms with Crippen LogP contribution in [0.5, 0.6) is 5.75 Å². The summed E-state index contributed by atoms with van der Waals surface area (Å²) in [5, 5.41) is 14.7. The molecular formula is C60H51N3O. The predicted octanol–water partition coefficient (Wildman–Crippen LogP) is 15.9. The van der Waals surface area contributed by atoms with Crippen molar-refractivity contribution in [3.8, 4) is 78.6 Å². The number of benzene rings is 8. The van der Waals surface area contributed by atoms with Crippen LogP contribution < -0.4 is 0 Å². The monoisotopic (exact) mass is 829 g/mol. The molecule has 4 nitrogen and oxygen atoms in total. The second-order valence-electron chi connectivity index (χ2n) is 18.9. The van der Waals surface area contributed by atoms with Crippen LogP contribution in [0.25, 0.3) is 94.6 Å². The van der Waals surface area contributed by atoms with Crippen LogP contribution in [-0.2, 0) is 10.8 Å². The highest BCUT2D eigenvalue weighted by Crippen LogP contribution is 2.45. The van der Waals surface area contributed by atoms with Gasteiger partial charge in [-0.3, -0.25) is 9.55 Å². The molecule has 0 aliphatic heterocycles. The minimum atomic E-state index is -0.316. The van der Waals surface area contributed by atoms with Gasteiger partial charge >= 0.3 is 0 Å².